The first-order chi connectivity index (χ1) is 9.06. The summed E-state index contributed by atoms with van der Waals surface area (Å²) in [5, 5.41) is 9.03. The Bertz CT molecular complexity index is 306. The van der Waals surface area contributed by atoms with Crippen LogP contribution in [0.25, 0.3) is 0 Å². The largest absolute Gasteiger partial charge is 0.481 e. The highest BCUT2D eigenvalue weighted by atomic mass is 16.5. The van der Waals surface area contributed by atoms with Crippen molar-refractivity contribution < 1.29 is 19.4 Å². The molecule has 0 radical (unpaired) electrons. The Morgan fingerprint density at radius 3 is 2.68 bits per heavy atom. The van der Waals surface area contributed by atoms with E-state index >= 15 is 0 Å². The predicted molar refractivity (Wildman–Crippen MR) is 71.8 cm³/mol. The summed E-state index contributed by atoms with van der Waals surface area (Å²) in [6, 6.07) is 0. The maximum Gasteiger partial charge on any atom is 0.306 e. The standard InChI is InChI=1S/C14H25NO4/c1-3-4-5-8-19-10-13(16)15-7-6-12(14(17)18)11(2)9-15/h11-12H,3-10H2,1-2H3,(H,17,18). The third-order valence-corrected chi connectivity index (χ3v) is 3.69. The zero-order valence-electron chi connectivity index (χ0n) is 11.9. The number of likely N-dealkylation sites (tertiary alicyclic amines) is 1. The van der Waals surface area contributed by atoms with Crippen LogP contribution in [0, 0.1) is 11.8 Å². The number of unbranched alkanes of at least 4 members (excludes halogenated alkanes) is 2. The highest BCUT2D eigenvalue weighted by Gasteiger charge is 2.32. The number of piperidine rings is 1. The van der Waals surface area contributed by atoms with Gasteiger partial charge in [-0.05, 0) is 18.8 Å². The molecule has 2 unspecified atom stereocenters. The fourth-order valence-electron chi connectivity index (χ4n) is 2.44. The van der Waals surface area contributed by atoms with Crippen LogP contribution >= 0.6 is 0 Å². The summed E-state index contributed by atoms with van der Waals surface area (Å²) >= 11 is 0. The highest BCUT2D eigenvalue weighted by molar-refractivity contribution is 5.78. The maximum atomic E-state index is 11.9. The van der Waals surface area contributed by atoms with Gasteiger partial charge in [0.05, 0.1) is 5.92 Å². The van der Waals surface area contributed by atoms with Gasteiger partial charge < -0.3 is 14.7 Å². The van der Waals surface area contributed by atoms with Gasteiger partial charge in [0.15, 0.2) is 0 Å². The molecule has 1 aliphatic heterocycles. The number of carboxylic acids is 1. The Morgan fingerprint density at radius 1 is 1.37 bits per heavy atom. The molecule has 5 nitrogen and oxygen atoms in total. The molecular weight excluding hydrogens is 246 g/mol. The van der Waals surface area contributed by atoms with Crippen LogP contribution in [-0.4, -0.2) is 48.2 Å². The average molecular weight is 271 g/mol. The molecule has 110 valence electrons. The van der Waals surface area contributed by atoms with Crippen LogP contribution in [-0.2, 0) is 14.3 Å². The molecule has 0 aliphatic carbocycles. The molecule has 1 N–H and O–H groups in total. The fraction of sp³-hybridized carbons (Fsp3) is 0.857. The number of carbonyl (C=O) groups is 2. The van der Waals surface area contributed by atoms with E-state index in [-0.39, 0.29) is 24.3 Å². The molecule has 0 aromatic carbocycles. The number of ether oxygens (including phenoxy) is 1. The molecule has 5 heteroatoms. The lowest BCUT2D eigenvalue weighted by Crippen LogP contribution is -2.46. The van der Waals surface area contributed by atoms with Gasteiger partial charge in [0.1, 0.15) is 6.61 Å². The summed E-state index contributed by atoms with van der Waals surface area (Å²) in [7, 11) is 0. The van der Waals surface area contributed by atoms with Gasteiger partial charge in [-0.25, -0.2) is 0 Å². The van der Waals surface area contributed by atoms with Gasteiger partial charge in [0, 0.05) is 19.7 Å². The van der Waals surface area contributed by atoms with Crippen LogP contribution in [0.4, 0.5) is 0 Å². The second-order valence-electron chi connectivity index (χ2n) is 5.31. The smallest absolute Gasteiger partial charge is 0.306 e. The van der Waals surface area contributed by atoms with Gasteiger partial charge in [-0.1, -0.05) is 26.7 Å². The number of aliphatic carboxylic acids is 1. The lowest BCUT2D eigenvalue weighted by molar-refractivity contribution is -0.149. The molecule has 0 saturated carbocycles. The van der Waals surface area contributed by atoms with Gasteiger partial charge >= 0.3 is 5.97 Å². The number of rotatable bonds is 7. The SMILES string of the molecule is CCCCCOCC(=O)N1CCC(C(=O)O)C(C)C1. The van der Waals surface area contributed by atoms with Crippen molar-refractivity contribution in [3.63, 3.8) is 0 Å². The van der Waals surface area contributed by atoms with Crippen molar-refractivity contribution in [1.82, 2.24) is 4.90 Å². The zero-order chi connectivity index (χ0) is 14.3. The van der Waals surface area contributed by atoms with E-state index in [0.717, 1.165) is 19.3 Å². The Hall–Kier alpha value is -1.10. The van der Waals surface area contributed by atoms with E-state index in [1.54, 1.807) is 4.90 Å². The monoisotopic (exact) mass is 271 g/mol. The molecule has 1 saturated heterocycles. The van der Waals surface area contributed by atoms with Crippen molar-refractivity contribution in [1.29, 1.82) is 0 Å². The first-order valence-electron chi connectivity index (χ1n) is 7.14. The predicted octanol–water partition coefficient (Wildman–Crippen LogP) is 1.76. The summed E-state index contributed by atoms with van der Waals surface area (Å²) in [5.41, 5.74) is 0. The first-order valence-corrected chi connectivity index (χ1v) is 7.14. The summed E-state index contributed by atoms with van der Waals surface area (Å²) < 4.78 is 5.35. The Kier molecular flexibility index (Phi) is 6.84. The molecule has 19 heavy (non-hydrogen) atoms. The Balaban J connectivity index is 2.25. The highest BCUT2D eigenvalue weighted by Crippen LogP contribution is 2.23. The summed E-state index contributed by atoms with van der Waals surface area (Å²) in [4.78, 5) is 24.6. The number of nitrogens with zero attached hydrogens (tertiary/aromatic N) is 1. The third-order valence-electron chi connectivity index (χ3n) is 3.69. The van der Waals surface area contributed by atoms with E-state index in [4.69, 9.17) is 9.84 Å². The van der Waals surface area contributed by atoms with E-state index in [0.29, 0.717) is 26.1 Å². The molecule has 0 spiro atoms. The number of hydrogen-bond acceptors (Lipinski definition) is 3. The number of carbonyl (C=O) groups excluding carboxylic acids is 1. The number of carboxylic acid groups (broad SMARTS) is 1. The Labute approximate surface area is 114 Å². The van der Waals surface area contributed by atoms with E-state index < -0.39 is 5.97 Å². The van der Waals surface area contributed by atoms with Gasteiger partial charge in [-0.2, -0.15) is 0 Å². The first kappa shape index (κ1) is 16.0. The summed E-state index contributed by atoms with van der Waals surface area (Å²) in [6.45, 7) is 5.81. The molecular formula is C14H25NO4. The van der Waals surface area contributed by atoms with E-state index in [2.05, 4.69) is 6.92 Å². The van der Waals surface area contributed by atoms with Crippen LogP contribution in [0.5, 0.6) is 0 Å². The van der Waals surface area contributed by atoms with E-state index in [9.17, 15) is 9.59 Å². The molecule has 0 aromatic rings. The molecule has 2 atom stereocenters. The van der Waals surface area contributed by atoms with E-state index in [1.165, 1.54) is 0 Å². The molecule has 1 amide bonds. The van der Waals surface area contributed by atoms with Crippen LogP contribution in [0.1, 0.15) is 39.5 Å². The fourth-order valence-corrected chi connectivity index (χ4v) is 2.44. The van der Waals surface area contributed by atoms with Gasteiger partial charge in [0.2, 0.25) is 5.91 Å². The average Bonchev–Trinajstić information content (AvgIpc) is 2.37. The van der Waals surface area contributed by atoms with Crippen LogP contribution in [0.15, 0.2) is 0 Å². The van der Waals surface area contributed by atoms with Gasteiger partial charge in [-0.15, -0.1) is 0 Å². The van der Waals surface area contributed by atoms with Gasteiger partial charge in [0.25, 0.3) is 0 Å². The second-order valence-corrected chi connectivity index (χ2v) is 5.31. The third kappa shape index (κ3) is 5.19. The molecule has 0 bridgehead atoms. The molecule has 1 heterocycles. The Morgan fingerprint density at radius 2 is 2.11 bits per heavy atom. The van der Waals surface area contributed by atoms with Crippen molar-refractivity contribution >= 4 is 11.9 Å². The summed E-state index contributed by atoms with van der Waals surface area (Å²) in [6.07, 6.45) is 3.78. The molecule has 1 rings (SSSR count). The van der Waals surface area contributed by atoms with Crippen LogP contribution in [0.3, 0.4) is 0 Å². The normalized spacial score (nSPS) is 23.4. The molecule has 1 aliphatic rings. The molecule has 1 fully saturated rings. The lowest BCUT2D eigenvalue weighted by atomic mass is 9.87. The minimum absolute atomic E-state index is 0.00953. The van der Waals surface area contributed by atoms with Crippen molar-refractivity contribution in [3.05, 3.63) is 0 Å². The maximum absolute atomic E-state index is 11.9. The lowest BCUT2D eigenvalue weighted by Gasteiger charge is -2.34. The van der Waals surface area contributed by atoms with Crippen molar-refractivity contribution in [3.8, 4) is 0 Å². The number of amides is 1. The summed E-state index contributed by atoms with van der Waals surface area (Å²) in [5.74, 6) is -1.09. The van der Waals surface area contributed by atoms with Crippen molar-refractivity contribution in [2.24, 2.45) is 11.8 Å². The van der Waals surface area contributed by atoms with E-state index in [1.807, 2.05) is 6.92 Å². The van der Waals surface area contributed by atoms with Crippen LogP contribution < -0.4 is 0 Å². The molecule has 0 aromatic heterocycles. The van der Waals surface area contributed by atoms with Crippen molar-refractivity contribution in [2.75, 3.05) is 26.3 Å². The van der Waals surface area contributed by atoms with Crippen LogP contribution in [0.2, 0.25) is 0 Å². The minimum Gasteiger partial charge on any atom is -0.481 e. The quantitative estimate of drug-likeness (QED) is 0.716. The second kappa shape index (κ2) is 8.15. The number of hydrogen-bond donors (Lipinski definition) is 1. The zero-order valence-corrected chi connectivity index (χ0v) is 11.9. The van der Waals surface area contributed by atoms with Crippen molar-refractivity contribution in [2.45, 2.75) is 39.5 Å². The topological polar surface area (TPSA) is 66.8 Å². The minimum atomic E-state index is -0.754. The van der Waals surface area contributed by atoms with Gasteiger partial charge in [-0.3, -0.25) is 9.59 Å².